The highest BCUT2D eigenvalue weighted by molar-refractivity contribution is 6.31. The topological polar surface area (TPSA) is 50.7 Å². The lowest BCUT2D eigenvalue weighted by molar-refractivity contribution is 1.00. The van der Waals surface area contributed by atoms with Crippen LogP contribution < -0.4 is 5.32 Å². The molecule has 1 N–H and O–H groups in total. The summed E-state index contributed by atoms with van der Waals surface area (Å²) in [7, 11) is 0. The molecule has 4 nitrogen and oxygen atoms in total. The van der Waals surface area contributed by atoms with Gasteiger partial charge in [0.25, 0.3) is 0 Å². The molecule has 0 aliphatic rings. The third-order valence-corrected chi connectivity index (χ3v) is 2.45. The predicted molar refractivity (Wildman–Crippen MR) is 68.4 cm³/mol. The summed E-state index contributed by atoms with van der Waals surface area (Å²) in [6.45, 7) is 2.65. The van der Waals surface area contributed by atoms with E-state index in [2.05, 4.69) is 26.3 Å². The zero-order valence-corrected chi connectivity index (χ0v) is 10.6. The van der Waals surface area contributed by atoms with Crippen LogP contribution in [-0.4, -0.2) is 15.0 Å². The molecule has 1 heterocycles. The van der Waals surface area contributed by atoms with E-state index < -0.39 is 0 Å². The van der Waals surface area contributed by atoms with E-state index in [0.717, 1.165) is 5.56 Å². The Hall–Kier alpha value is -1.39. The Morgan fingerprint density at radius 3 is 2.47 bits per heavy atom. The quantitative estimate of drug-likeness (QED) is 0.930. The summed E-state index contributed by atoms with van der Waals surface area (Å²) in [6, 6.07) is 8.14. The molecule has 0 aliphatic carbocycles. The van der Waals surface area contributed by atoms with Crippen LogP contribution in [0.1, 0.15) is 11.1 Å². The molecule has 88 valence electrons. The number of benzene rings is 1. The molecule has 0 radical (unpaired) electrons. The smallest absolute Gasteiger partial charge is 0.228 e. The Morgan fingerprint density at radius 2 is 1.82 bits per heavy atom. The molecule has 6 heteroatoms. The number of nitrogens with one attached hydrogen (secondary N) is 1. The van der Waals surface area contributed by atoms with Crippen LogP contribution in [0.4, 0.5) is 5.95 Å². The van der Waals surface area contributed by atoms with Crippen molar-refractivity contribution in [1.82, 2.24) is 15.0 Å². The third-order valence-electron chi connectivity index (χ3n) is 2.11. The molecule has 0 fully saturated rings. The maximum atomic E-state index is 5.67. The Labute approximate surface area is 109 Å². The first-order valence-corrected chi connectivity index (χ1v) is 5.75. The minimum absolute atomic E-state index is 0.0803. The van der Waals surface area contributed by atoms with Crippen molar-refractivity contribution >= 4 is 29.2 Å². The molecule has 1 aromatic carbocycles. The fraction of sp³-hybridized carbons (Fsp3) is 0.182. The molecule has 2 rings (SSSR count). The van der Waals surface area contributed by atoms with Gasteiger partial charge in [0, 0.05) is 6.54 Å². The number of hydrogen-bond donors (Lipinski definition) is 1. The second-order valence-corrected chi connectivity index (χ2v) is 4.22. The van der Waals surface area contributed by atoms with Gasteiger partial charge in [0.05, 0.1) is 0 Å². The van der Waals surface area contributed by atoms with Crippen molar-refractivity contribution in [1.29, 1.82) is 0 Å². The number of rotatable bonds is 3. The average molecular weight is 269 g/mol. The fourth-order valence-corrected chi connectivity index (χ4v) is 1.77. The van der Waals surface area contributed by atoms with Crippen LogP contribution in [0.3, 0.4) is 0 Å². The van der Waals surface area contributed by atoms with Crippen LogP contribution in [0.25, 0.3) is 0 Å². The number of aryl methyl sites for hydroxylation is 1. The van der Waals surface area contributed by atoms with E-state index in [0.29, 0.717) is 12.5 Å². The van der Waals surface area contributed by atoms with Crippen molar-refractivity contribution in [3.05, 3.63) is 46.0 Å². The largest absolute Gasteiger partial charge is 0.350 e. The predicted octanol–water partition coefficient (Wildman–Crippen LogP) is 3.10. The first kappa shape index (κ1) is 12.1. The van der Waals surface area contributed by atoms with Crippen molar-refractivity contribution < 1.29 is 0 Å². The Bertz CT molecular complexity index is 510. The second-order valence-electron chi connectivity index (χ2n) is 3.54. The van der Waals surface area contributed by atoms with Crippen LogP contribution in [0.15, 0.2) is 24.3 Å². The van der Waals surface area contributed by atoms with Crippen molar-refractivity contribution in [2.75, 3.05) is 5.32 Å². The van der Waals surface area contributed by atoms with E-state index in [1.165, 1.54) is 5.56 Å². The van der Waals surface area contributed by atoms with Crippen molar-refractivity contribution in [2.45, 2.75) is 13.5 Å². The highest BCUT2D eigenvalue weighted by Gasteiger charge is 2.02. The molecule has 0 amide bonds. The lowest BCUT2D eigenvalue weighted by atomic mass is 10.1. The van der Waals surface area contributed by atoms with Gasteiger partial charge in [0.1, 0.15) is 0 Å². The minimum Gasteiger partial charge on any atom is -0.350 e. The SMILES string of the molecule is Cc1cccc(CNc2nc(Cl)nc(Cl)n2)c1. The van der Waals surface area contributed by atoms with E-state index >= 15 is 0 Å². The van der Waals surface area contributed by atoms with Gasteiger partial charge >= 0.3 is 0 Å². The van der Waals surface area contributed by atoms with Crippen LogP contribution >= 0.6 is 23.2 Å². The molecular weight excluding hydrogens is 259 g/mol. The summed E-state index contributed by atoms with van der Waals surface area (Å²) >= 11 is 11.3. The third kappa shape index (κ3) is 3.54. The lowest BCUT2D eigenvalue weighted by Gasteiger charge is -2.05. The second kappa shape index (κ2) is 5.29. The van der Waals surface area contributed by atoms with Crippen LogP contribution in [-0.2, 0) is 6.54 Å². The van der Waals surface area contributed by atoms with Crippen molar-refractivity contribution in [2.24, 2.45) is 0 Å². The van der Waals surface area contributed by atoms with Gasteiger partial charge in [0.15, 0.2) is 0 Å². The number of hydrogen-bond acceptors (Lipinski definition) is 4. The molecule has 0 spiro atoms. The molecule has 0 atom stereocenters. The Morgan fingerprint density at radius 1 is 1.12 bits per heavy atom. The molecule has 2 aromatic rings. The maximum Gasteiger partial charge on any atom is 0.228 e. The van der Waals surface area contributed by atoms with Crippen LogP contribution in [0.2, 0.25) is 10.6 Å². The first-order valence-electron chi connectivity index (χ1n) is 5.00. The van der Waals surface area contributed by atoms with E-state index in [9.17, 15) is 0 Å². The summed E-state index contributed by atoms with van der Waals surface area (Å²) in [5.41, 5.74) is 2.34. The zero-order chi connectivity index (χ0) is 12.3. The van der Waals surface area contributed by atoms with Crippen LogP contribution in [0.5, 0.6) is 0 Å². The van der Waals surface area contributed by atoms with Crippen LogP contribution in [0, 0.1) is 6.92 Å². The van der Waals surface area contributed by atoms with E-state index in [-0.39, 0.29) is 10.6 Å². The van der Waals surface area contributed by atoms with Crippen molar-refractivity contribution in [3.63, 3.8) is 0 Å². The van der Waals surface area contributed by atoms with E-state index in [4.69, 9.17) is 23.2 Å². The van der Waals surface area contributed by atoms with Gasteiger partial charge in [-0.1, -0.05) is 29.8 Å². The number of halogens is 2. The van der Waals surface area contributed by atoms with Gasteiger partial charge < -0.3 is 5.32 Å². The highest BCUT2D eigenvalue weighted by atomic mass is 35.5. The van der Waals surface area contributed by atoms with Gasteiger partial charge in [0.2, 0.25) is 16.5 Å². The molecule has 0 saturated carbocycles. The summed E-state index contributed by atoms with van der Waals surface area (Å²) in [5.74, 6) is 0.372. The Kier molecular flexibility index (Phi) is 3.76. The molecule has 0 saturated heterocycles. The van der Waals surface area contributed by atoms with E-state index in [1.54, 1.807) is 0 Å². The monoisotopic (exact) mass is 268 g/mol. The van der Waals surface area contributed by atoms with Gasteiger partial charge in [-0.25, -0.2) is 0 Å². The summed E-state index contributed by atoms with van der Waals surface area (Å²) in [4.78, 5) is 11.5. The maximum absolute atomic E-state index is 5.67. The van der Waals surface area contributed by atoms with E-state index in [1.807, 2.05) is 25.1 Å². The summed E-state index contributed by atoms with van der Waals surface area (Å²) < 4.78 is 0. The summed E-state index contributed by atoms with van der Waals surface area (Å²) in [6.07, 6.45) is 0. The molecule has 0 bridgehead atoms. The Balaban J connectivity index is 2.07. The number of anilines is 1. The molecule has 0 unspecified atom stereocenters. The van der Waals surface area contributed by atoms with Gasteiger partial charge in [-0.3, -0.25) is 0 Å². The minimum atomic E-state index is 0.0803. The number of nitrogens with zero attached hydrogens (tertiary/aromatic N) is 3. The molecule has 17 heavy (non-hydrogen) atoms. The normalized spacial score (nSPS) is 10.3. The van der Waals surface area contributed by atoms with Gasteiger partial charge in [-0.15, -0.1) is 0 Å². The first-order chi connectivity index (χ1) is 8.13. The average Bonchev–Trinajstić information content (AvgIpc) is 2.25. The zero-order valence-electron chi connectivity index (χ0n) is 9.11. The molecule has 0 aliphatic heterocycles. The molecule has 1 aromatic heterocycles. The van der Waals surface area contributed by atoms with Gasteiger partial charge in [-0.05, 0) is 35.7 Å². The number of aromatic nitrogens is 3. The summed E-state index contributed by atoms with van der Waals surface area (Å²) in [5, 5.41) is 3.20. The van der Waals surface area contributed by atoms with Crippen molar-refractivity contribution in [3.8, 4) is 0 Å². The fourth-order valence-electron chi connectivity index (χ4n) is 1.41. The van der Waals surface area contributed by atoms with Gasteiger partial charge in [-0.2, -0.15) is 15.0 Å². The highest BCUT2D eigenvalue weighted by Crippen LogP contribution is 2.11. The molecular formula is C11H10Cl2N4. The standard InChI is InChI=1S/C11H10Cl2N4/c1-7-3-2-4-8(5-7)6-14-11-16-9(12)15-10(13)17-11/h2-5H,6H2,1H3,(H,14,15,16,17). The lowest BCUT2D eigenvalue weighted by Crippen LogP contribution is -2.04.